The van der Waals surface area contributed by atoms with Crippen LogP contribution >= 0.6 is 35.3 Å². The smallest absolute Gasteiger partial charge is 0.191 e. The molecule has 0 bridgehead atoms. The molecule has 2 heterocycles. The monoisotopic (exact) mass is 496 g/mol. The van der Waals surface area contributed by atoms with Gasteiger partial charge in [0.15, 0.2) is 5.96 Å². The molecule has 27 heavy (non-hydrogen) atoms. The molecule has 0 radical (unpaired) electrons. The van der Waals surface area contributed by atoms with Crippen LogP contribution in [0.25, 0.3) is 11.3 Å². The van der Waals surface area contributed by atoms with Crippen LogP contribution in [-0.4, -0.2) is 34.5 Å². The maximum Gasteiger partial charge on any atom is 0.191 e. The highest BCUT2D eigenvalue weighted by Crippen LogP contribution is 2.16. The molecular formula is C19H25IN6S. The molecule has 0 aliphatic carbocycles. The van der Waals surface area contributed by atoms with Gasteiger partial charge < -0.3 is 15.6 Å². The number of aliphatic imine (C=N–C) groups is 1. The SMILES string of the molecule is CCc1cnc(CCNC(=NC)NCc2ncc(-c3ccccc3)[nH]2)s1.I. The Bertz CT molecular complexity index is 843. The summed E-state index contributed by atoms with van der Waals surface area (Å²) in [4.78, 5) is 17.8. The molecule has 0 aliphatic rings. The van der Waals surface area contributed by atoms with E-state index < -0.39 is 0 Å². The number of guanidine groups is 1. The summed E-state index contributed by atoms with van der Waals surface area (Å²) in [6.07, 6.45) is 5.76. The lowest BCUT2D eigenvalue weighted by molar-refractivity contribution is 0.772. The van der Waals surface area contributed by atoms with E-state index >= 15 is 0 Å². The van der Waals surface area contributed by atoms with E-state index in [0.717, 1.165) is 47.4 Å². The molecule has 0 unspecified atom stereocenters. The molecule has 3 rings (SSSR count). The summed E-state index contributed by atoms with van der Waals surface area (Å²) in [5.74, 6) is 1.63. The second-order valence-electron chi connectivity index (χ2n) is 5.79. The standard InChI is InChI=1S/C19H24N6S.HI/c1-3-15-11-23-18(26-15)9-10-21-19(20-2)24-13-17-22-12-16(25-17)14-7-5-4-6-8-14;/h4-8,11-12H,3,9-10,13H2,1-2H3,(H,22,25)(H2,20,21,24);1H. The van der Waals surface area contributed by atoms with Gasteiger partial charge in [0, 0.05) is 31.1 Å². The fourth-order valence-electron chi connectivity index (χ4n) is 2.52. The Kier molecular flexibility index (Phi) is 8.73. The average molecular weight is 496 g/mol. The number of H-pyrrole nitrogens is 1. The first kappa shape index (κ1) is 21.4. The van der Waals surface area contributed by atoms with Crippen molar-refractivity contribution in [3.63, 3.8) is 0 Å². The first-order valence-corrected chi connectivity index (χ1v) is 9.57. The maximum atomic E-state index is 4.44. The predicted octanol–water partition coefficient (Wildman–Crippen LogP) is 3.62. The van der Waals surface area contributed by atoms with Crippen LogP contribution in [-0.2, 0) is 19.4 Å². The highest BCUT2D eigenvalue weighted by atomic mass is 127. The molecule has 1 aromatic carbocycles. The number of rotatable bonds is 7. The summed E-state index contributed by atoms with van der Waals surface area (Å²) in [6.45, 7) is 3.53. The zero-order valence-electron chi connectivity index (χ0n) is 15.5. The Hall–Kier alpha value is -1.94. The predicted molar refractivity (Wildman–Crippen MR) is 123 cm³/mol. The van der Waals surface area contributed by atoms with Crippen LogP contribution in [0.3, 0.4) is 0 Å². The van der Waals surface area contributed by atoms with Crippen LogP contribution in [0.4, 0.5) is 0 Å². The van der Waals surface area contributed by atoms with Crippen molar-refractivity contribution in [3.05, 3.63) is 58.4 Å². The first-order chi connectivity index (χ1) is 12.8. The number of aromatic nitrogens is 3. The lowest BCUT2D eigenvalue weighted by atomic mass is 10.2. The quantitative estimate of drug-likeness (QED) is 0.265. The Morgan fingerprint density at radius 3 is 2.67 bits per heavy atom. The van der Waals surface area contributed by atoms with Crippen molar-refractivity contribution in [1.29, 1.82) is 0 Å². The molecule has 144 valence electrons. The molecule has 3 aromatic rings. The number of nitrogens with zero attached hydrogens (tertiary/aromatic N) is 3. The molecule has 0 spiro atoms. The van der Waals surface area contributed by atoms with Crippen LogP contribution < -0.4 is 10.6 Å². The van der Waals surface area contributed by atoms with Gasteiger partial charge >= 0.3 is 0 Å². The molecule has 0 amide bonds. The zero-order valence-corrected chi connectivity index (χ0v) is 18.7. The third kappa shape index (κ3) is 6.31. The van der Waals surface area contributed by atoms with Crippen molar-refractivity contribution < 1.29 is 0 Å². The molecule has 0 aliphatic heterocycles. The topological polar surface area (TPSA) is 78.0 Å². The number of aryl methyl sites for hydroxylation is 1. The summed E-state index contributed by atoms with van der Waals surface area (Å²) in [5, 5.41) is 7.75. The van der Waals surface area contributed by atoms with Gasteiger partial charge in [-0.2, -0.15) is 0 Å². The largest absolute Gasteiger partial charge is 0.356 e. The van der Waals surface area contributed by atoms with Crippen LogP contribution in [0.2, 0.25) is 0 Å². The summed E-state index contributed by atoms with van der Waals surface area (Å²) in [5.41, 5.74) is 2.14. The number of aromatic amines is 1. The van der Waals surface area contributed by atoms with E-state index in [2.05, 4.69) is 49.6 Å². The lowest BCUT2D eigenvalue weighted by Crippen LogP contribution is -2.38. The van der Waals surface area contributed by atoms with Gasteiger partial charge in [-0.05, 0) is 12.0 Å². The Morgan fingerprint density at radius 1 is 1.15 bits per heavy atom. The molecule has 8 heteroatoms. The number of hydrogen-bond donors (Lipinski definition) is 3. The highest BCUT2D eigenvalue weighted by molar-refractivity contribution is 14.0. The Morgan fingerprint density at radius 2 is 1.96 bits per heavy atom. The van der Waals surface area contributed by atoms with Gasteiger partial charge in [-0.1, -0.05) is 37.3 Å². The second-order valence-corrected chi connectivity index (χ2v) is 6.99. The van der Waals surface area contributed by atoms with Gasteiger partial charge in [0.2, 0.25) is 0 Å². The third-order valence-electron chi connectivity index (χ3n) is 3.94. The van der Waals surface area contributed by atoms with Crippen molar-refractivity contribution in [2.45, 2.75) is 26.3 Å². The average Bonchev–Trinajstić information content (AvgIpc) is 3.34. The first-order valence-electron chi connectivity index (χ1n) is 8.76. The Balaban J connectivity index is 0.00000261. The van der Waals surface area contributed by atoms with Crippen LogP contribution in [0.15, 0.2) is 47.7 Å². The van der Waals surface area contributed by atoms with Crippen molar-refractivity contribution in [3.8, 4) is 11.3 Å². The van der Waals surface area contributed by atoms with Crippen LogP contribution in [0, 0.1) is 0 Å². The van der Waals surface area contributed by atoms with E-state index in [4.69, 9.17) is 0 Å². The lowest BCUT2D eigenvalue weighted by Gasteiger charge is -2.10. The third-order valence-corrected chi connectivity index (χ3v) is 5.14. The highest BCUT2D eigenvalue weighted by Gasteiger charge is 2.05. The summed E-state index contributed by atoms with van der Waals surface area (Å²) in [6, 6.07) is 10.2. The molecule has 2 aromatic heterocycles. The minimum atomic E-state index is 0. The molecule has 0 saturated carbocycles. The van der Waals surface area contributed by atoms with E-state index in [-0.39, 0.29) is 24.0 Å². The molecule has 0 atom stereocenters. The van der Waals surface area contributed by atoms with Gasteiger partial charge in [0.25, 0.3) is 0 Å². The van der Waals surface area contributed by atoms with Gasteiger partial charge in [-0.15, -0.1) is 35.3 Å². The molecule has 3 N–H and O–H groups in total. The minimum absolute atomic E-state index is 0. The van der Waals surface area contributed by atoms with E-state index in [1.165, 1.54) is 4.88 Å². The molecule has 0 fully saturated rings. The van der Waals surface area contributed by atoms with Gasteiger partial charge in [0.1, 0.15) is 5.82 Å². The second kappa shape index (κ2) is 11.0. The molecule has 6 nitrogen and oxygen atoms in total. The summed E-state index contributed by atoms with van der Waals surface area (Å²) < 4.78 is 0. The minimum Gasteiger partial charge on any atom is -0.356 e. The number of hydrogen-bond acceptors (Lipinski definition) is 4. The number of imidazole rings is 1. The normalized spacial score (nSPS) is 11.1. The van der Waals surface area contributed by atoms with Crippen molar-refractivity contribution in [2.24, 2.45) is 4.99 Å². The molecular weight excluding hydrogens is 471 g/mol. The molecule has 0 saturated heterocycles. The van der Waals surface area contributed by atoms with Crippen molar-refractivity contribution in [1.82, 2.24) is 25.6 Å². The maximum absolute atomic E-state index is 4.44. The van der Waals surface area contributed by atoms with Gasteiger partial charge in [0.05, 0.1) is 23.4 Å². The number of halogens is 1. The van der Waals surface area contributed by atoms with E-state index in [1.807, 2.05) is 30.6 Å². The van der Waals surface area contributed by atoms with Gasteiger partial charge in [-0.3, -0.25) is 4.99 Å². The number of nitrogens with one attached hydrogen (secondary N) is 3. The fourth-order valence-corrected chi connectivity index (χ4v) is 3.38. The van der Waals surface area contributed by atoms with Gasteiger partial charge in [-0.25, -0.2) is 9.97 Å². The number of benzene rings is 1. The zero-order chi connectivity index (χ0) is 18.2. The fraction of sp³-hybridized carbons (Fsp3) is 0.316. The van der Waals surface area contributed by atoms with E-state index in [1.54, 1.807) is 18.4 Å². The Labute approximate surface area is 181 Å². The van der Waals surface area contributed by atoms with E-state index in [0.29, 0.717) is 6.54 Å². The number of thiazole rings is 1. The van der Waals surface area contributed by atoms with Crippen LogP contribution in [0.1, 0.15) is 22.6 Å². The van der Waals surface area contributed by atoms with Crippen molar-refractivity contribution in [2.75, 3.05) is 13.6 Å². The summed E-state index contributed by atoms with van der Waals surface area (Å²) in [7, 11) is 1.77. The van der Waals surface area contributed by atoms with E-state index in [9.17, 15) is 0 Å². The van der Waals surface area contributed by atoms with Crippen LogP contribution in [0.5, 0.6) is 0 Å². The summed E-state index contributed by atoms with van der Waals surface area (Å²) >= 11 is 1.78. The van der Waals surface area contributed by atoms with Crippen molar-refractivity contribution >= 4 is 41.3 Å².